The minimum atomic E-state index is 0.415. The van der Waals surface area contributed by atoms with Crippen LogP contribution in [0.5, 0.6) is 0 Å². The Balaban J connectivity index is 2.67. The van der Waals surface area contributed by atoms with Gasteiger partial charge in [-0.25, -0.2) is 0 Å². The molecule has 0 N–H and O–H groups in total. The van der Waals surface area contributed by atoms with Gasteiger partial charge in [-0.2, -0.15) is 10.2 Å². The number of benzene rings is 1. The van der Waals surface area contributed by atoms with Gasteiger partial charge in [-0.1, -0.05) is 18.2 Å². The van der Waals surface area contributed by atoms with E-state index < -0.39 is 0 Å². The van der Waals surface area contributed by atoms with E-state index >= 15 is 0 Å². The summed E-state index contributed by atoms with van der Waals surface area (Å²) in [5.41, 5.74) is 1.72. The van der Waals surface area contributed by atoms with E-state index in [-0.39, 0.29) is 0 Å². The van der Waals surface area contributed by atoms with Gasteiger partial charge >= 0.3 is 0 Å². The lowest BCUT2D eigenvalue weighted by atomic mass is 10.2. The first-order chi connectivity index (χ1) is 5.90. The summed E-state index contributed by atoms with van der Waals surface area (Å²) in [6.07, 6.45) is 0. The maximum Gasteiger partial charge on any atom is 0.0929 e. The van der Waals surface area contributed by atoms with Crippen LogP contribution in [0.2, 0.25) is 0 Å². The molecule has 0 saturated carbocycles. The van der Waals surface area contributed by atoms with Gasteiger partial charge in [-0.05, 0) is 12.1 Å². The monoisotopic (exact) mass is 178 g/mol. The van der Waals surface area contributed by atoms with Crippen molar-refractivity contribution >= 4 is 22.5 Å². The zero-order valence-electron chi connectivity index (χ0n) is 6.37. The largest absolute Gasteiger partial charge is 0.154 e. The molecule has 0 fully saturated rings. The molecule has 0 bridgehead atoms. The standard InChI is InChI=1S/C9H7ClN2/c10-6-8-5-7-3-1-2-4-9(7)12-11-8/h1-5H,6H2. The second-order valence-corrected chi connectivity index (χ2v) is 2.80. The van der Waals surface area contributed by atoms with Gasteiger partial charge in [-0.15, -0.1) is 11.6 Å². The van der Waals surface area contributed by atoms with Crippen molar-refractivity contribution in [1.82, 2.24) is 10.2 Å². The van der Waals surface area contributed by atoms with Crippen LogP contribution in [-0.4, -0.2) is 10.2 Å². The number of hydrogen-bond donors (Lipinski definition) is 0. The molecule has 1 aromatic heterocycles. The van der Waals surface area contributed by atoms with E-state index in [0.717, 1.165) is 16.6 Å². The van der Waals surface area contributed by atoms with Crippen molar-refractivity contribution in [2.75, 3.05) is 0 Å². The Morgan fingerprint density at radius 2 is 2.00 bits per heavy atom. The third-order valence-electron chi connectivity index (χ3n) is 1.68. The van der Waals surface area contributed by atoms with Crippen LogP contribution >= 0.6 is 11.6 Å². The van der Waals surface area contributed by atoms with Crippen LogP contribution in [0, 0.1) is 0 Å². The van der Waals surface area contributed by atoms with Gasteiger partial charge in [0.05, 0.1) is 17.1 Å². The summed E-state index contributed by atoms with van der Waals surface area (Å²) in [5.74, 6) is 0.415. The lowest BCUT2D eigenvalue weighted by Crippen LogP contribution is -1.89. The molecule has 0 aliphatic rings. The van der Waals surface area contributed by atoms with Gasteiger partial charge in [0.15, 0.2) is 0 Å². The second kappa shape index (κ2) is 3.07. The van der Waals surface area contributed by atoms with Crippen molar-refractivity contribution in [3.8, 4) is 0 Å². The predicted molar refractivity (Wildman–Crippen MR) is 49.1 cm³/mol. The van der Waals surface area contributed by atoms with Crippen molar-refractivity contribution < 1.29 is 0 Å². The Morgan fingerprint density at radius 1 is 1.17 bits per heavy atom. The van der Waals surface area contributed by atoms with Crippen molar-refractivity contribution in [3.05, 3.63) is 36.0 Å². The van der Waals surface area contributed by atoms with Gasteiger partial charge in [0.2, 0.25) is 0 Å². The molecule has 0 atom stereocenters. The molecule has 0 unspecified atom stereocenters. The highest BCUT2D eigenvalue weighted by atomic mass is 35.5. The SMILES string of the molecule is ClCc1cc2ccccc2nn1. The third kappa shape index (κ3) is 1.25. The Morgan fingerprint density at radius 3 is 2.83 bits per heavy atom. The summed E-state index contributed by atoms with van der Waals surface area (Å²) in [6.45, 7) is 0. The number of halogens is 1. The molecule has 2 aromatic rings. The Hall–Kier alpha value is -1.15. The molecule has 1 aromatic carbocycles. The molecule has 0 spiro atoms. The lowest BCUT2D eigenvalue weighted by Gasteiger charge is -1.96. The van der Waals surface area contributed by atoms with E-state index in [1.165, 1.54) is 0 Å². The normalized spacial score (nSPS) is 10.4. The van der Waals surface area contributed by atoms with Crippen molar-refractivity contribution in [3.63, 3.8) is 0 Å². The van der Waals surface area contributed by atoms with Crippen LogP contribution in [0.1, 0.15) is 5.69 Å². The fourth-order valence-corrected chi connectivity index (χ4v) is 1.22. The van der Waals surface area contributed by atoms with Crippen LogP contribution in [0.15, 0.2) is 30.3 Å². The zero-order valence-corrected chi connectivity index (χ0v) is 7.12. The Bertz CT molecular complexity index is 400. The van der Waals surface area contributed by atoms with E-state index in [4.69, 9.17) is 11.6 Å². The molecule has 0 aliphatic heterocycles. The molecule has 0 amide bonds. The number of hydrogen-bond acceptors (Lipinski definition) is 2. The maximum atomic E-state index is 5.62. The van der Waals surface area contributed by atoms with Crippen LogP contribution in [0.3, 0.4) is 0 Å². The van der Waals surface area contributed by atoms with E-state index in [2.05, 4.69) is 10.2 Å². The summed E-state index contributed by atoms with van der Waals surface area (Å²) >= 11 is 5.62. The van der Waals surface area contributed by atoms with E-state index in [0.29, 0.717) is 5.88 Å². The van der Waals surface area contributed by atoms with E-state index in [9.17, 15) is 0 Å². The van der Waals surface area contributed by atoms with Crippen LogP contribution < -0.4 is 0 Å². The molecule has 1 heterocycles. The Kier molecular flexibility index (Phi) is 1.92. The Labute approximate surface area is 75.2 Å². The van der Waals surface area contributed by atoms with Gasteiger partial charge in [0, 0.05) is 5.39 Å². The number of fused-ring (bicyclic) bond motifs is 1. The highest BCUT2D eigenvalue weighted by molar-refractivity contribution is 6.17. The number of alkyl halides is 1. The lowest BCUT2D eigenvalue weighted by molar-refractivity contribution is 1.00. The van der Waals surface area contributed by atoms with Crippen molar-refractivity contribution in [1.29, 1.82) is 0 Å². The third-order valence-corrected chi connectivity index (χ3v) is 1.96. The first kappa shape index (κ1) is 7.50. The average Bonchev–Trinajstić information content (AvgIpc) is 2.17. The highest BCUT2D eigenvalue weighted by Crippen LogP contribution is 2.11. The van der Waals surface area contributed by atoms with E-state index in [1.54, 1.807) is 0 Å². The average molecular weight is 179 g/mol. The van der Waals surface area contributed by atoms with Crippen molar-refractivity contribution in [2.24, 2.45) is 0 Å². The fraction of sp³-hybridized carbons (Fsp3) is 0.111. The molecule has 3 heteroatoms. The second-order valence-electron chi connectivity index (χ2n) is 2.53. The number of rotatable bonds is 1. The predicted octanol–water partition coefficient (Wildman–Crippen LogP) is 2.37. The first-order valence-electron chi connectivity index (χ1n) is 3.67. The minimum absolute atomic E-state index is 0.415. The quantitative estimate of drug-likeness (QED) is 0.627. The van der Waals surface area contributed by atoms with Gasteiger partial charge in [-0.3, -0.25) is 0 Å². The van der Waals surface area contributed by atoms with E-state index in [1.807, 2.05) is 30.3 Å². The number of nitrogens with zero attached hydrogens (tertiary/aromatic N) is 2. The molecule has 2 rings (SSSR count). The summed E-state index contributed by atoms with van der Waals surface area (Å²) < 4.78 is 0. The molecule has 60 valence electrons. The van der Waals surface area contributed by atoms with Crippen LogP contribution in [-0.2, 0) is 5.88 Å². The van der Waals surface area contributed by atoms with Crippen LogP contribution in [0.4, 0.5) is 0 Å². The van der Waals surface area contributed by atoms with Crippen molar-refractivity contribution in [2.45, 2.75) is 5.88 Å². The molecule has 0 radical (unpaired) electrons. The van der Waals surface area contributed by atoms with Gasteiger partial charge < -0.3 is 0 Å². The summed E-state index contributed by atoms with van der Waals surface area (Å²) in [5, 5.41) is 9.05. The molecule has 0 saturated heterocycles. The summed E-state index contributed by atoms with van der Waals surface area (Å²) in [6, 6.07) is 9.80. The smallest absolute Gasteiger partial charge is 0.0929 e. The fourth-order valence-electron chi connectivity index (χ4n) is 1.09. The first-order valence-corrected chi connectivity index (χ1v) is 4.21. The molecular formula is C9H7ClN2. The van der Waals surface area contributed by atoms with Gasteiger partial charge in [0.1, 0.15) is 0 Å². The molecule has 2 nitrogen and oxygen atoms in total. The molecule has 12 heavy (non-hydrogen) atoms. The molecular weight excluding hydrogens is 172 g/mol. The van der Waals surface area contributed by atoms with Gasteiger partial charge in [0.25, 0.3) is 0 Å². The van der Waals surface area contributed by atoms with Crippen LogP contribution in [0.25, 0.3) is 10.9 Å². The zero-order chi connectivity index (χ0) is 8.39. The summed E-state index contributed by atoms with van der Waals surface area (Å²) in [4.78, 5) is 0. The summed E-state index contributed by atoms with van der Waals surface area (Å²) in [7, 11) is 0. The topological polar surface area (TPSA) is 25.8 Å². The maximum absolute atomic E-state index is 5.62. The minimum Gasteiger partial charge on any atom is -0.154 e. The molecule has 0 aliphatic carbocycles. The highest BCUT2D eigenvalue weighted by Gasteiger charge is 1.96. The number of aromatic nitrogens is 2.